The molecule has 3 aromatic heterocycles. The molecule has 2 N–H and O–H groups in total. The van der Waals surface area contributed by atoms with Gasteiger partial charge in [-0.15, -0.1) is 0 Å². The fourth-order valence-electron chi connectivity index (χ4n) is 4.68. The number of nitrogens with one attached hydrogen (secondary N) is 2. The van der Waals surface area contributed by atoms with Crippen LogP contribution in [0.5, 0.6) is 0 Å². The van der Waals surface area contributed by atoms with Gasteiger partial charge >= 0.3 is 12.0 Å². The average Bonchev–Trinajstić information content (AvgIpc) is 3.54. The second kappa shape index (κ2) is 7.76. The van der Waals surface area contributed by atoms with Gasteiger partial charge in [0.05, 0.1) is 12.5 Å². The van der Waals surface area contributed by atoms with Gasteiger partial charge in [0.1, 0.15) is 17.8 Å². The van der Waals surface area contributed by atoms with Crippen LogP contribution in [0.15, 0.2) is 18.6 Å². The van der Waals surface area contributed by atoms with Crippen molar-refractivity contribution in [1.82, 2.24) is 29.2 Å². The number of esters is 1. The normalized spacial score (nSPS) is 22.5. The van der Waals surface area contributed by atoms with Gasteiger partial charge in [0.15, 0.2) is 0 Å². The van der Waals surface area contributed by atoms with Crippen molar-refractivity contribution >= 4 is 45.5 Å². The standard InChI is InChI=1S/C19H22N8O3S/c1-26(16-13-3-4-20-14(13)21-9-22-16)12-5-10-7-27(8-11(10)6-12)19(29)24-18-23-15(25-31-18)17(28)30-2/h3-4,9-12H,5-8H2,1-2H3,(H,20,21,22)(H,23,24,25,29)/t10-,11+,12-. The van der Waals surface area contributed by atoms with Crippen LogP contribution in [0.1, 0.15) is 23.5 Å². The number of carbonyl (C=O) groups excluding carboxylic acids is 2. The zero-order chi connectivity index (χ0) is 21.5. The molecular formula is C19H22N8O3S. The highest BCUT2D eigenvalue weighted by Gasteiger charge is 2.44. The summed E-state index contributed by atoms with van der Waals surface area (Å²) < 4.78 is 8.50. The third-order valence-electron chi connectivity index (χ3n) is 6.24. The number of likely N-dealkylation sites (tertiary alicyclic amines) is 1. The lowest BCUT2D eigenvalue weighted by Gasteiger charge is -2.27. The number of methoxy groups -OCH3 is 1. The molecule has 2 aliphatic rings. The van der Waals surface area contributed by atoms with Crippen molar-refractivity contribution in [2.75, 3.05) is 37.5 Å². The largest absolute Gasteiger partial charge is 0.463 e. The van der Waals surface area contributed by atoms with Crippen LogP contribution < -0.4 is 10.2 Å². The maximum Gasteiger partial charge on any atom is 0.377 e. The molecule has 3 aromatic rings. The van der Waals surface area contributed by atoms with Crippen LogP contribution in [0.4, 0.5) is 15.7 Å². The average molecular weight is 443 g/mol. The van der Waals surface area contributed by atoms with E-state index in [-0.39, 0.29) is 11.9 Å². The summed E-state index contributed by atoms with van der Waals surface area (Å²) in [6.45, 7) is 1.40. The number of H-pyrrole nitrogens is 1. The first-order chi connectivity index (χ1) is 15.0. The Balaban J connectivity index is 1.20. The first-order valence-corrected chi connectivity index (χ1v) is 10.8. The van der Waals surface area contributed by atoms with Crippen LogP contribution in [-0.4, -0.2) is 74.5 Å². The summed E-state index contributed by atoms with van der Waals surface area (Å²) in [5, 5.41) is 4.05. The van der Waals surface area contributed by atoms with Gasteiger partial charge in [-0.1, -0.05) is 0 Å². The van der Waals surface area contributed by atoms with Gasteiger partial charge in [-0.3, -0.25) is 5.32 Å². The highest BCUT2D eigenvalue weighted by molar-refractivity contribution is 7.10. The Hall–Kier alpha value is -3.28. The third kappa shape index (κ3) is 3.56. The summed E-state index contributed by atoms with van der Waals surface area (Å²) in [6, 6.07) is 2.16. The van der Waals surface area contributed by atoms with Crippen molar-refractivity contribution in [3.05, 3.63) is 24.4 Å². The number of amides is 2. The van der Waals surface area contributed by atoms with Gasteiger partial charge in [0, 0.05) is 43.9 Å². The smallest absolute Gasteiger partial charge is 0.377 e. The van der Waals surface area contributed by atoms with Gasteiger partial charge in [-0.05, 0) is 30.7 Å². The Labute approximate surface area is 182 Å². The Kier molecular flexibility index (Phi) is 4.93. The minimum atomic E-state index is -0.622. The summed E-state index contributed by atoms with van der Waals surface area (Å²) >= 11 is 0.963. The van der Waals surface area contributed by atoms with Gasteiger partial charge in [-0.2, -0.15) is 9.36 Å². The number of carbonyl (C=O) groups is 2. The molecule has 2 amide bonds. The van der Waals surface area contributed by atoms with E-state index in [9.17, 15) is 9.59 Å². The van der Waals surface area contributed by atoms with E-state index in [2.05, 4.69) is 46.3 Å². The lowest BCUT2D eigenvalue weighted by Crippen LogP contribution is -2.36. The Bertz CT molecular complexity index is 1120. The summed E-state index contributed by atoms with van der Waals surface area (Å²) in [5.41, 5.74) is 0.838. The number of fused-ring (bicyclic) bond motifs is 2. The molecule has 1 saturated heterocycles. The second-order valence-corrected chi connectivity index (χ2v) is 8.70. The first-order valence-electron chi connectivity index (χ1n) is 10.0. The summed E-state index contributed by atoms with van der Waals surface area (Å²) in [7, 11) is 3.35. The van der Waals surface area contributed by atoms with Crippen LogP contribution in [0, 0.1) is 11.8 Å². The third-order valence-corrected chi connectivity index (χ3v) is 6.87. The number of ether oxygens (including phenoxy) is 1. The van der Waals surface area contributed by atoms with Gasteiger partial charge in [0.25, 0.3) is 5.82 Å². The molecule has 12 heteroatoms. The number of hydrogen-bond acceptors (Lipinski definition) is 9. The number of rotatable bonds is 4. The van der Waals surface area contributed by atoms with E-state index in [0.717, 1.165) is 41.2 Å². The summed E-state index contributed by atoms with van der Waals surface area (Å²) in [4.78, 5) is 44.1. The Morgan fingerprint density at radius 1 is 1.29 bits per heavy atom. The van der Waals surface area contributed by atoms with Crippen LogP contribution >= 0.6 is 11.5 Å². The molecule has 1 saturated carbocycles. The number of nitrogens with zero attached hydrogens (tertiary/aromatic N) is 6. The number of aromatic nitrogens is 5. The monoisotopic (exact) mass is 442 g/mol. The molecule has 0 bridgehead atoms. The molecule has 31 heavy (non-hydrogen) atoms. The minimum absolute atomic E-state index is 0.0479. The van der Waals surface area contributed by atoms with Crippen LogP contribution in [0.2, 0.25) is 0 Å². The van der Waals surface area contributed by atoms with Crippen LogP contribution in [0.25, 0.3) is 11.0 Å². The molecule has 5 rings (SSSR count). The molecule has 11 nitrogen and oxygen atoms in total. The zero-order valence-corrected chi connectivity index (χ0v) is 17.9. The molecule has 0 spiro atoms. The number of anilines is 2. The molecule has 4 heterocycles. The second-order valence-electron chi connectivity index (χ2n) is 7.94. The molecule has 0 radical (unpaired) electrons. The van der Waals surface area contributed by atoms with E-state index in [1.165, 1.54) is 7.11 Å². The van der Waals surface area contributed by atoms with E-state index < -0.39 is 5.97 Å². The molecule has 2 fully saturated rings. The van der Waals surface area contributed by atoms with Crippen molar-refractivity contribution in [2.45, 2.75) is 18.9 Å². The topological polar surface area (TPSA) is 129 Å². The number of aromatic amines is 1. The van der Waals surface area contributed by atoms with E-state index in [4.69, 9.17) is 0 Å². The molecule has 0 aromatic carbocycles. The van der Waals surface area contributed by atoms with Crippen molar-refractivity contribution in [1.29, 1.82) is 0 Å². The van der Waals surface area contributed by atoms with Gasteiger partial charge < -0.3 is 19.5 Å². The van der Waals surface area contributed by atoms with Crippen LogP contribution in [0.3, 0.4) is 0 Å². The van der Waals surface area contributed by atoms with Gasteiger partial charge in [0.2, 0.25) is 5.13 Å². The number of hydrogen-bond donors (Lipinski definition) is 2. The molecule has 3 atom stereocenters. The SMILES string of the molecule is COC(=O)c1nsc(NC(=O)N2C[C@H]3C[C@@H](N(C)c4ncnc5[nH]ccc45)C[C@H]3C2)n1. The van der Waals surface area contributed by atoms with Crippen molar-refractivity contribution in [3.8, 4) is 0 Å². The molecule has 162 valence electrons. The van der Waals surface area contributed by atoms with Crippen molar-refractivity contribution in [2.24, 2.45) is 11.8 Å². The van der Waals surface area contributed by atoms with Gasteiger partial charge in [-0.25, -0.2) is 19.6 Å². The maximum atomic E-state index is 12.7. The lowest BCUT2D eigenvalue weighted by molar-refractivity contribution is 0.0588. The van der Waals surface area contributed by atoms with Crippen LogP contribution in [-0.2, 0) is 4.74 Å². The summed E-state index contributed by atoms with van der Waals surface area (Å²) in [5.74, 6) is 1.16. The minimum Gasteiger partial charge on any atom is -0.463 e. The highest BCUT2D eigenvalue weighted by Crippen LogP contribution is 2.41. The fourth-order valence-corrected chi connectivity index (χ4v) is 5.23. The van der Waals surface area contributed by atoms with E-state index in [0.29, 0.717) is 36.1 Å². The lowest BCUT2D eigenvalue weighted by atomic mass is 10.0. The predicted molar refractivity (Wildman–Crippen MR) is 114 cm³/mol. The fraction of sp³-hybridized carbons (Fsp3) is 0.474. The van der Waals surface area contributed by atoms with E-state index in [1.54, 1.807) is 6.33 Å². The quantitative estimate of drug-likeness (QED) is 0.587. The summed E-state index contributed by atoms with van der Waals surface area (Å²) in [6.07, 6.45) is 5.48. The molecule has 0 unspecified atom stereocenters. The Morgan fingerprint density at radius 3 is 2.81 bits per heavy atom. The number of urea groups is 1. The molecule has 1 aliphatic heterocycles. The molecular weight excluding hydrogens is 420 g/mol. The zero-order valence-electron chi connectivity index (χ0n) is 17.1. The predicted octanol–water partition coefficient (Wildman–Crippen LogP) is 1.97. The van der Waals surface area contributed by atoms with Crippen molar-refractivity contribution < 1.29 is 14.3 Å². The van der Waals surface area contributed by atoms with E-state index >= 15 is 0 Å². The van der Waals surface area contributed by atoms with E-state index in [1.807, 2.05) is 17.2 Å². The maximum absolute atomic E-state index is 12.7. The Morgan fingerprint density at radius 2 is 2.06 bits per heavy atom. The molecule has 1 aliphatic carbocycles. The highest BCUT2D eigenvalue weighted by atomic mass is 32.1. The first kappa shape index (κ1) is 19.7. The van der Waals surface area contributed by atoms with Crippen molar-refractivity contribution in [3.63, 3.8) is 0 Å².